The number of azide groups is 1. The summed E-state index contributed by atoms with van der Waals surface area (Å²) >= 11 is 0. The van der Waals surface area contributed by atoms with Gasteiger partial charge in [-0.2, -0.15) is 0 Å². The second kappa shape index (κ2) is 11.8. The van der Waals surface area contributed by atoms with Gasteiger partial charge in [0.1, 0.15) is 12.7 Å². The smallest absolute Gasteiger partial charge is 0.303 e. The van der Waals surface area contributed by atoms with Gasteiger partial charge in [0.25, 0.3) is 0 Å². The molecular formula is C16H23N3O10. The molecule has 0 amide bonds. The van der Waals surface area contributed by atoms with Crippen LogP contribution in [0.2, 0.25) is 0 Å². The lowest BCUT2D eigenvalue weighted by molar-refractivity contribution is -0.307. The van der Waals surface area contributed by atoms with Crippen LogP contribution in [-0.4, -0.2) is 74.3 Å². The van der Waals surface area contributed by atoms with Gasteiger partial charge in [-0.05, 0) is 5.53 Å². The van der Waals surface area contributed by atoms with E-state index in [0.29, 0.717) is 0 Å². The average Bonchev–Trinajstić information content (AvgIpc) is 2.60. The molecular weight excluding hydrogens is 394 g/mol. The number of hydrogen-bond acceptors (Lipinski definition) is 11. The molecule has 1 heterocycles. The molecule has 1 fully saturated rings. The maximum absolute atomic E-state index is 11.6. The first-order chi connectivity index (χ1) is 13.6. The first-order valence-electron chi connectivity index (χ1n) is 8.58. The minimum absolute atomic E-state index is 0.0522. The van der Waals surface area contributed by atoms with Gasteiger partial charge in [0.2, 0.25) is 0 Å². The Bertz CT molecular complexity index is 663. The van der Waals surface area contributed by atoms with Crippen LogP contribution in [0.1, 0.15) is 27.7 Å². The SMILES string of the molecule is CC(=O)OCC1OC(OCCN=[N+]=[N-])C(OC(C)=O)C(OC(C)=O)C1OC(C)=O. The van der Waals surface area contributed by atoms with Crippen LogP contribution >= 0.6 is 0 Å². The van der Waals surface area contributed by atoms with E-state index < -0.39 is 54.6 Å². The van der Waals surface area contributed by atoms with Crippen LogP contribution in [-0.2, 0) is 47.6 Å². The highest BCUT2D eigenvalue weighted by atomic mass is 16.7. The molecule has 29 heavy (non-hydrogen) atoms. The largest absolute Gasteiger partial charge is 0.463 e. The van der Waals surface area contributed by atoms with Crippen molar-refractivity contribution in [3.8, 4) is 0 Å². The van der Waals surface area contributed by atoms with Gasteiger partial charge in [0.15, 0.2) is 24.6 Å². The van der Waals surface area contributed by atoms with Gasteiger partial charge >= 0.3 is 23.9 Å². The lowest BCUT2D eigenvalue weighted by Gasteiger charge is -2.44. The highest BCUT2D eigenvalue weighted by Gasteiger charge is 2.52. The van der Waals surface area contributed by atoms with E-state index in [0.717, 1.165) is 20.8 Å². The van der Waals surface area contributed by atoms with Crippen LogP contribution < -0.4 is 0 Å². The minimum Gasteiger partial charge on any atom is -0.463 e. The average molecular weight is 417 g/mol. The summed E-state index contributed by atoms with van der Waals surface area (Å²) in [5.41, 5.74) is 8.35. The molecule has 0 saturated carbocycles. The van der Waals surface area contributed by atoms with Crippen molar-refractivity contribution in [2.75, 3.05) is 19.8 Å². The lowest BCUT2D eigenvalue weighted by atomic mass is 9.98. The summed E-state index contributed by atoms with van der Waals surface area (Å²) in [6.45, 7) is 4.01. The molecule has 162 valence electrons. The maximum Gasteiger partial charge on any atom is 0.303 e. The molecule has 0 aromatic carbocycles. The van der Waals surface area contributed by atoms with Crippen molar-refractivity contribution in [2.24, 2.45) is 5.11 Å². The topological polar surface area (TPSA) is 172 Å². The molecule has 0 spiro atoms. The van der Waals surface area contributed by atoms with Gasteiger partial charge < -0.3 is 28.4 Å². The molecule has 13 heteroatoms. The van der Waals surface area contributed by atoms with Crippen molar-refractivity contribution in [3.63, 3.8) is 0 Å². The zero-order valence-electron chi connectivity index (χ0n) is 16.4. The Kier molecular flexibility index (Phi) is 9.86. The highest BCUT2D eigenvalue weighted by molar-refractivity contribution is 5.68. The van der Waals surface area contributed by atoms with Gasteiger partial charge in [-0.25, -0.2) is 0 Å². The van der Waals surface area contributed by atoms with Gasteiger partial charge in [0, 0.05) is 39.2 Å². The third-order valence-corrected chi connectivity index (χ3v) is 3.48. The molecule has 5 unspecified atom stereocenters. The highest BCUT2D eigenvalue weighted by Crippen LogP contribution is 2.29. The van der Waals surface area contributed by atoms with Gasteiger partial charge in [-0.15, -0.1) is 0 Å². The fourth-order valence-corrected chi connectivity index (χ4v) is 2.58. The van der Waals surface area contributed by atoms with E-state index in [2.05, 4.69) is 10.0 Å². The molecule has 1 aliphatic heterocycles. The van der Waals surface area contributed by atoms with Crippen LogP contribution in [0, 0.1) is 0 Å². The van der Waals surface area contributed by atoms with Crippen molar-refractivity contribution < 1.29 is 47.6 Å². The lowest BCUT2D eigenvalue weighted by Crippen LogP contribution is -2.63. The zero-order chi connectivity index (χ0) is 22.0. The van der Waals surface area contributed by atoms with E-state index in [1.165, 1.54) is 6.92 Å². The number of hydrogen-bond donors (Lipinski definition) is 0. The standard InChI is InChI=1S/C16H23N3O10/c1-8(20)25-7-12-13(26-9(2)21)14(27-10(3)22)15(28-11(4)23)16(29-12)24-6-5-18-19-17/h12-16H,5-7H2,1-4H3. The van der Waals surface area contributed by atoms with E-state index in [4.69, 9.17) is 34.0 Å². The molecule has 13 nitrogen and oxygen atoms in total. The number of ether oxygens (including phenoxy) is 6. The first kappa shape index (κ1) is 24.1. The minimum atomic E-state index is -1.31. The number of rotatable bonds is 9. The number of nitrogens with zero attached hydrogens (tertiary/aromatic N) is 3. The first-order valence-corrected chi connectivity index (χ1v) is 8.58. The summed E-state index contributed by atoms with van der Waals surface area (Å²) < 4.78 is 31.7. The van der Waals surface area contributed by atoms with Gasteiger partial charge in [-0.3, -0.25) is 19.2 Å². The van der Waals surface area contributed by atoms with E-state index in [9.17, 15) is 19.2 Å². The molecule has 0 aromatic rings. The molecule has 0 aromatic heterocycles. The van der Waals surface area contributed by atoms with Crippen molar-refractivity contribution in [2.45, 2.75) is 58.4 Å². The van der Waals surface area contributed by atoms with Crippen LogP contribution in [0.15, 0.2) is 5.11 Å². The Hall–Kier alpha value is -2.89. The van der Waals surface area contributed by atoms with E-state index in [1.807, 2.05) is 0 Å². The van der Waals surface area contributed by atoms with Gasteiger partial charge in [-0.1, -0.05) is 5.11 Å². The third kappa shape index (κ3) is 8.34. The summed E-state index contributed by atoms with van der Waals surface area (Å²) in [7, 11) is 0. The summed E-state index contributed by atoms with van der Waals surface area (Å²) in [5.74, 6) is -2.83. The van der Waals surface area contributed by atoms with Crippen LogP contribution in [0.4, 0.5) is 0 Å². The summed E-state index contributed by atoms with van der Waals surface area (Å²) in [6.07, 6.45) is -6.25. The van der Waals surface area contributed by atoms with E-state index in [-0.39, 0.29) is 19.8 Å². The number of esters is 4. The Morgan fingerprint density at radius 1 is 0.897 bits per heavy atom. The molecule has 1 rings (SSSR count). The summed E-state index contributed by atoms with van der Waals surface area (Å²) in [4.78, 5) is 48.5. The molecule has 0 bridgehead atoms. The molecule has 1 aliphatic rings. The zero-order valence-corrected chi connectivity index (χ0v) is 16.4. The monoisotopic (exact) mass is 417 g/mol. The van der Waals surface area contributed by atoms with Crippen molar-refractivity contribution in [1.82, 2.24) is 0 Å². The fourth-order valence-electron chi connectivity index (χ4n) is 2.58. The summed E-state index contributed by atoms with van der Waals surface area (Å²) in [5, 5.41) is 3.31. The van der Waals surface area contributed by atoms with Crippen LogP contribution in [0.5, 0.6) is 0 Å². The van der Waals surface area contributed by atoms with Crippen molar-refractivity contribution in [1.29, 1.82) is 0 Å². The normalized spacial score (nSPS) is 25.9. The predicted octanol–water partition coefficient (Wildman–Crippen LogP) is 0.396. The fraction of sp³-hybridized carbons (Fsp3) is 0.750. The second-order valence-electron chi connectivity index (χ2n) is 5.89. The Morgan fingerprint density at radius 2 is 1.45 bits per heavy atom. The number of carbonyl (C=O) groups excluding carboxylic acids is 4. The Labute approximate surface area is 166 Å². The van der Waals surface area contributed by atoms with E-state index in [1.54, 1.807) is 0 Å². The van der Waals surface area contributed by atoms with Crippen LogP contribution in [0.3, 0.4) is 0 Å². The maximum atomic E-state index is 11.6. The third-order valence-electron chi connectivity index (χ3n) is 3.48. The molecule has 1 saturated heterocycles. The summed E-state index contributed by atoms with van der Waals surface area (Å²) in [6, 6.07) is 0. The van der Waals surface area contributed by atoms with Crippen molar-refractivity contribution in [3.05, 3.63) is 10.4 Å². The molecule has 0 radical (unpaired) electrons. The number of carbonyl (C=O) groups is 4. The Morgan fingerprint density at radius 3 is 1.97 bits per heavy atom. The van der Waals surface area contributed by atoms with Gasteiger partial charge in [0.05, 0.1) is 6.61 Å². The molecule has 0 N–H and O–H groups in total. The van der Waals surface area contributed by atoms with Crippen molar-refractivity contribution >= 4 is 23.9 Å². The molecule has 0 aliphatic carbocycles. The second-order valence-corrected chi connectivity index (χ2v) is 5.89. The molecule has 5 atom stereocenters. The van der Waals surface area contributed by atoms with E-state index >= 15 is 0 Å². The quantitative estimate of drug-likeness (QED) is 0.128. The Balaban J connectivity index is 3.22. The predicted molar refractivity (Wildman–Crippen MR) is 91.9 cm³/mol. The van der Waals surface area contributed by atoms with Crippen LogP contribution in [0.25, 0.3) is 10.4 Å².